The SMILES string of the molecule is CC1=N[N+](C(=O)NCCCC(=O)O)(C2CCCCC2)c2sccc21. The van der Waals surface area contributed by atoms with Gasteiger partial charge in [0.25, 0.3) is 0 Å². The molecule has 6 nitrogen and oxygen atoms in total. The van der Waals surface area contributed by atoms with E-state index in [4.69, 9.17) is 10.2 Å². The number of carboxylic acid groups (broad SMARTS) is 1. The third-order valence-electron chi connectivity index (χ3n) is 4.91. The fraction of sp³-hybridized carbons (Fsp3) is 0.588. The Morgan fingerprint density at radius 1 is 1.38 bits per heavy atom. The molecule has 1 atom stereocenters. The van der Waals surface area contributed by atoms with Gasteiger partial charge in [-0.3, -0.25) is 4.79 Å². The Hall–Kier alpha value is -1.73. The minimum atomic E-state index is -0.837. The molecule has 2 heterocycles. The lowest BCUT2D eigenvalue weighted by Gasteiger charge is -2.35. The van der Waals surface area contributed by atoms with Crippen LogP contribution in [0.4, 0.5) is 9.80 Å². The first-order valence-corrected chi connectivity index (χ1v) is 9.48. The first-order chi connectivity index (χ1) is 11.6. The number of carbonyl (C=O) groups is 2. The van der Waals surface area contributed by atoms with Crippen LogP contribution < -0.4 is 9.91 Å². The van der Waals surface area contributed by atoms with Gasteiger partial charge in [0.2, 0.25) is 5.00 Å². The number of hydrogen-bond acceptors (Lipinski definition) is 4. The molecule has 3 rings (SSSR count). The predicted octanol–water partition coefficient (Wildman–Crippen LogP) is 3.70. The Bertz CT molecular complexity index is 664. The van der Waals surface area contributed by atoms with Gasteiger partial charge in [0.1, 0.15) is 11.8 Å². The van der Waals surface area contributed by atoms with Gasteiger partial charge in [-0.15, -0.1) is 0 Å². The van der Waals surface area contributed by atoms with Crippen LogP contribution in [0.2, 0.25) is 0 Å². The van der Waals surface area contributed by atoms with E-state index in [1.807, 2.05) is 18.4 Å². The number of amides is 2. The second kappa shape index (κ2) is 7.03. The molecular weight excluding hydrogens is 326 g/mol. The van der Waals surface area contributed by atoms with Crippen molar-refractivity contribution in [3.05, 3.63) is 17.0 Å². The maximum absolute atomic E-state index is 13.1. The molecule has 0 saturated heterocycles. The summed E-state index contributed by atoms with van der Waals surface area (Å²) in [6.07, 6.45) is 5.98. The number of carboxylic acids is 1. The van der Waals surface area contributed by atoms with Gasteiger partial charge in [-0.1, -0.05) is 27.5 Å². The van der Waals surface area contributed by atoms with Crippen molar-refractivity contribution in [2.75, 3.05) is 6.54 Å². The number of rotatable bonds is 5. The van der Waals surface area contributed by atoms with E-state index in [0.29, 0.717) is 13.0 Å². The number of fused-ring (bicyclic) bond motifs is 1. The van der Waals surface area contributed by atoms with Crippen LogP contribution in [0, 0.1) is 0 Å². The molecule has 1 aliphatic carbocycles. The lowest BCUT2D eigenvalue weighted by atomic mass is 9.93. The molecule has 24 heavy (non-hydrogen) atoms. The second-order valence-corrected chi connectivity index (χ2v) is 7.43. The summed E-state index contributed by atoms with van der Waals surface area (Å²) in [4.78, 5) is 23.8. The van der Waals surface area contributed by atoms with Gasteiger partial charge >= 0.3 is 12.0 Å². The van der Waals surface area contributed by atoms with Gasteiger partial charge in [0.15, 0.2) is 0 Å². The standard InChI is InChI=1S/C17H23N3O3S/c1-12-14-9-11-24-16(14)20(19-12,13-6-3-2-4-7-13)17(23)18-10-5-8-15(21)22/h9,11,13H,2-8,10H2,1H3,(H-,18,21,22,23)/p+1. The highest BCUT2D eigenvalue weighted by Crippen LogP contribution is 2.45. The van der Waals surface area contributed by atoms with Crippen LogP contribution in [0.25, 0.3) is 0 Å². The number of hydrogen-bond donors (Lipinski definition) is 2. The van der Waals surface area contributed by atoms with Gasteiger partial charge in [-0.05, 0) is 37.6 Å². The van der Waals surface area contributed by atoms with Crippen LogP contribution in [0.15, 0.2) is 16.5 Å². The molecule has 2 amide bonds. The van der Waals surface area contributed by atoms with E-state index >= 15 is 0 Å². The lowest BCUT2D eigenvalue weighted by molar-refractivity contribution is -0.137. The van der Waals surface area contributed by atoms with Crippen LogP contribution in [0.1, 0.15) is 57.4 Å². The minimum Gasteiger partial charge on any atom is -0.481 e. The highest BCUT2D eigenvalue weighted by atomic mass is 32.1. The highest BCUT2D eigenvalue weighted by Gasteiger charge is 2.54. The number of quaternary nitrogens is 1. The van der Waals surface area contributed by atoms with Crippen LogP contribution in [-0.2, 0) is 4.79 Å². The molecule has 1 aromatic heterocycles. The number of thiophene rings is 1. The second-order valence-electron chi connectivity index (χ2n) is 6.53. The molecule has 1 saturated carbocycles. The van der Waals surface area contributed by atoms with Crippen molar-refractivity contribution in [1.82, 2.24) is 9.91 Å². The lowest BCUT2D eigenvalue weighted by Crippen LogP contribution is -2.60. The molecule has 0 spiro atoms. The summed E-state index contributed by atoms with van der Waals surface area (Å²) in [7, 11) is 0. The summed E-state index contributed by atoms with van der Waals surface area (Å²) in [6.45, 7) is 2.33. The zero-order valence-corrected chi connectivity index (χ0v) is 14.8. The summed E-state index contributed by atoms with van der Waals surface area (Å²) in [5.74, 6) is -0.837. The average Bonchev–Trinajstić information content (AvgIpc) is 3.16. The maximum atomic E-state index is 13.1. The number of urea groups is 1. The summed E-state index contributed by atoms with van der Waals surface area (Å²) in [5, 5.41) is 19.5. The summed E-state index contributed by atoms with van der Waals surface area (Å²) >= 11 is 1.59. The minimum absolute atomic E-state index is 0.0336. The van der Waals surface area contributed by atoms with Crippen molar-refractivity contribution >= 4 is 34.0 Å². The molecule has 0 radical (unpaired) electrons. The van der Waals surface area contributed by atoms with Crippen LogP contribution in [0.3, 0.4) is 0 Å². The largest absolute Gasteiger partial charge is 0.481 e. The fourth-order valence-electron chi connectivity index (χ4n) is 3.74. The first-order valence-electron chi connectivity index (χ1n) is 8.60. The Kier molecular flexibility index (Phi) is 5.01. The van der Waals surface area contributed by atoms with Crippen molar-refractivity contribution in [2.45, 2.75) is 57.9 Å². The van der Waals surface area contributed by atoms with E-state index in [1.165, 1.54) is 6.42 Å². The Morgan fingerprint density at radius 2 is 2.12 bits per heavy atom. The van der Waals surface area contributed by atoms with E-state index in [9.17, 15) is 9.59 Å². The van der Waals surface area contributed by atoms with Crippen molar-refractivity contribution < 1.29 is 14.7 Å². The Morgan fingerprint density at radius 3 is 2.83 bits per heavy atom. The summed E-state index contributed by atoms with van der Waals surface area (Å²) in [5.41, 5.74) is 1.99. The third-order valence-corrected chi connectivity index (χ3v) is 5.90. The predicted molar refractivity (Wildman–Crippen MR) is 95.5 cm³/mol. The third kappa shape index (κ3) is 2.98. The van der Waals surface area contributed by atoms with E-state index in [-0.39, 0.29) is 23.1 Å². The number of carbonyl (C=O) groups excluding carboxylic acids is 1. The first kappa shape index (κ1) is 17.1. The molecule has 1 aliphatic heterocycles. The Balaban J connectivity index is 1.84. The smallest absolute Gasteiger partial charge is 0.449 e. The fourth-order valence-corrected chi connectivity index (χ4v) is 4.85. The molecule has 1 fully saturated rings. The van der Waals surface area contributed by atoms with E-state index in [1.54, 1.807) is 11.3 Å². The summed E-state index contributed by atoms with van der Waals surface area (Å²) < 4.78 is 0.0336. The molecular formula is C17H24N3O3S+. The molecule has 2 aliphatic rings. The highest BCUT2D eigenvalue weighted by molar-refractivity contribution is 7.14. The zero-order valence-electron chi connectivity index (χ0n) is 14.0. The maximum Gasteiger partial charge on any atom is 0.449 e. The van der Waals surface area contributed by atoms with E-state index < -0.39 is 5.97 Å². The van der Waals surface area contributed by atoms with Crippen LogP contribution >= 0.6 is 11.3 Å². The van der Waals surface area contributed by atoms with E-state index in [0.717, 1.165) is 42.0 Å². The van der Waals surface area contributed by atoms with Crippen molar-refractivity contribution in [2.24, 2.45) is 5.10 Å². The number of nitrogens with one attached hydrogen (secondary N) is 1. The number of aliphatic carboxylic acids is 1. The monoisotopic (exact) mass is 350 g/mol. The van der Waals surface area contributed by atoms with Gasteiger partial charge < -0.3 is 10.4 Å². The van der Waals surface area contributed by atoms with Crippen molar-refractivity contribution in [1.29, 1.82) is 0 Å². The van der Waals surface area contributed by atoms with Gasteiger partial charge in [-0.2, -0.15) is 0 Å². The van der Waals surface area contributed by atoms with Crippen LogP contribution in [0.5, 0.6) is 0 Å². The van der Waals surface area contributed by atoms with Crippen molar-refractivity contribution in [3.63, 3.8) is 0 Å². The van der Waals surface area contributed by atoms with Crippen molar-refractivity contribution in [3.8, 4) is 0 Å². The molecule has 7 heteroatoms. The molecule has 1 unspecified atom stereocenters. The van der Waals surface area contributed by atoms with Gasteiger partial charge in [-0.25, -0.2) is 4.79 Å². The molecule has 130 valence electrons. The quantitative estimate of drug-likeness (QED) is 0.628. The van der Waals surface area contributed by atoms with Crippen LogP contribution in [-0.4, -0.2) is 35.4 Å². The molecule has 1 aromatic rings. The molecule has 2 N–H and O–H groups in total. The summed E-state index contributed by atoms with van der Waals surface area (Å²) in [6, 6.07) is 2.10. The normalized spacial score (nSPS) is 23.6. The molecule has 0 aromatic carbocycles. The molecule has 0 bridgehead atoms. The van der Waals surface area contributed by atoms with Gasteiger partial charge in [0.05, 0.1) is 5.56 Å². The average molecular weight is 350 g/mol. The zero-order chi connectivity index (χ0) is 17.2. The Labute approximate surface area is 145 Å². The topological polar surface area (TPSA) is 78.8 Å². The van der Waals surface area contributed by atoms with E-state index in [2.05, 4.69) is 5.32 Å². The van der Waals surface area contributed by atoms with Gasteiger partial charge in [0, 0.05) is 25.8 Å². The number of nitrogens with zero attached hydrogens (tertiary/aromatic N) is 2.